The fraction of sp³-hybridized carbons (Fsp3) is 0.375. The Hall–Kier alpha value is -1.89. The van der Waals surface area contributed by atoms with Crippen LogP contribution in [0.3, 0.4) is 0 Å². The third-order valence-electron chi connectivity index (χ3n) is 0.839. The highest BCUT2D eigenvalue weighted by Gasteiger charge is 2.00. The predicted molar refractivity (Wildman–Crippen MR) is 48.3 cm³/mol. The third kappa shape index (κ3) is 24.5. The zero-order valence-corrected chi connectivity index (χ0v) is 7.95. The van der Waals surface area contributed by atoms with Crippen LogP contribution < -0.4 is 0 Å². The average molecular weight is 220 g/mol. The van der Waals surface area contributed by atoms with Crippen LogP contribution in [0.4, 0.5) is 0 Å². The van der Waals surface area contributed by atoms with Gasteiger partial charge >= 0.3 is 17.9 Å². The quantitative estimate of drug-likeness (QED) is 0.472. The summed E-state index contributed by atoms with van der Waals surface area (Å²) in [6.07, 6.45) is 0.225. The smallest absolute Gasteiger partial charge is 0.328 e. The van der Waals surface area contributed by atoms with Crippen LogP contribution in [0.15, 0.2) is 12.2 Å². The number of aliphatic carboxylic acids is 3. The minimum absolute atomic E-state index is 0.167. The van der Waals surface area contributed by atoms with E-state index in [9.17, 15) is 14.4 Å². The van der Waals surface area contributed by atoms with Gasteiger partial charge in [0.15, 0.2) is 0 Å². The van der Waals surface area contributed by atoms with Gasteiger partial charge in [-0.25, -0.2) is 9.59 Å². The van der Waals surface area contributed by atoms with Gasteiger partial charge in [-0.3, -0.25) is 4.79 Å². The normalized spacial score (nSPS) is 11.3. The van der Waals surface area contributed by atoms with Crippen molar-refractivity contribution in [3.05, 3.63) is 12.2 Å². The van der Waals surface area contributed by atoms with Crippen molar-refractivity contribution in [2.24, 2.45) is 0 Å². The van der Waals surface area contributed by atoms with Gasteiger partial charge in [0.1, 0.15) is 0 Å². The second kappa shape index (κ2) is 8.70. The summed E-state index contributed by atoms with van der Waals surface area (Å²) in [6.45, 7) is 1.44. The van der Waals surface area contributed by atoms with Crippen LogP contribution in [0.2, 0.25) is 0 Å². The maximum absolute atomic E-state index is 9.65. The van der Waals surface area contributed by atoms with E-state index in [4.69, 9.17) is 20.4 Å². The van der Waals surface area contributed by atoms with E-state index in [0.29, 0.717) is 12.2 Å². The Morgan fingerprint density at radius 3 is 1.47 bits per heavy atom. The zero-order valence-electron chi connectivity index (χ0n) is 7.95. The highest BCUT2D eigenvalue weighted by atomic mass is 16.4. The van der Waals surface area contributed by atoms with Crippen molar-refractivity contribution in [3.8, 4) is 0 Å². The molecule has 0 heterocycles. The van der Waals surface area contributed by atoms with E-state index >= 15 is 0 Å². The molecule has 0 aliphatic carbocycles. The van der Waals surface area contributed by atoms with E-state index in [-0.39, 0.29) is 6.42 Å². The number of rotatable bonds is 4. The second-order valence-electron chi connectivity index (χ2n) is 2.46. The fourth-order valence-corrected chi connectivity index (χ4v) is 0.395. The van der Waals surface area contributed by atoms with Crippen molar-refractivity contribution >= 4 is 17.9 Å². The lowest BCUT2D eigenvalue weighted by Crippen LogP contribution is -2.07. The van der Waals surface area contributed by atoms with Gasteiger partial charge in [0.2, 0.25) is 0 Å². The number of aliphatic hydroxyl groups is 1. The molecule has 0 aromatic rings. The van der Waals surface area contributed by atoms with Crippen LogP contribution in [0.5, 0.6) is 0 Å². The lowest BCUT2D eigenvalue weighted by molar-refractivity contribution is -0.139. The van der Waals surface area contributed by atoms with E-state index < -0.39 is 24.0 Å². The van der Waals surface area contributed by atoms with E-state index in [1.54, 1.807) is 0 Å². The van der Waals surface area contributed by atoms with Crippen molar-refractivity contribution in [1.82, 2.24) is 0 Å². The molecule has 0 aromatic carbocycles. The lowest BCUT2D eigenvalue weighted by Gasteiger charge is -1.94. The Morgan fingerprint density at radius 1 is 1.07 bits per heavy atom. The Kier molecular flexibility index (Phi) is 9.03. The first-order valence-electron chi connectivity index (χ1n) is 3.79. The first-order chi connectivity index (χ1) is 6.75. The molecular weight excluding hydrogens is 208 g/mol. The van der Waals surface area contributed by atoms with Crippen molar-refractivity contribution < 1.29 is 34.8 Å². The molecule has 1 unspecified atom stereocenters. The standard InChI is InChI=1S/C4H4O4.C4H8O3/c5-3(6)1-2-4(7)8;1-3(5)2-4(6)7/h1-2H,(H,5,6)(H,7,8);3,5H,2H2,1H3,(H,6,7)/b2-1-;. The van der Waals surface area contributed by atoms with Gasteiger partial charge in [-0.2, -0.15) is 0 Å². The molecule has 0 saturated heterocycles. The SMILES string of the molecule is CC(O)CC(=O)O.O=C(O)/C=C\C(=O)O. The molecule has 1 atom stereocenters. The van der Waals surface area contributed by atoms with Crippen molar-refractivity contribution in [1.29, 1.82) is 0 Å². The van der Waals surface area contributed by atoms with Crippen LogP contribution in [-0.2, 0) is 14.4 Å². The molecule has 7 heteroatoms. The molecule has 86 valence electrons. The maximum atomic E-state index is 9.65. The van der Waals surface area contributed by atoms with Gasteiger partial charge in [-0.15, -0.1) is 0 Å². The Bertz CT molecular complexity index is 238. The van der Waals surface area contributed by atoms with Gasteiger partial charge in [0.25, 0.3) is 0 Å². The third-order valence-corrected chi connectivity index (χ3v) is 0.839. The minimum atomic E-state index is -1.26. The summed E-state index contributed by atoms with van der Waals surface area (Å²) in [5.41, 5.74) is 0. The maximum Gasteiger partial charge on any atom is 0.328 e. The molecule has 0 saturated carbocycles. The number of aliphatic hydroxyl groups excluding tert-OH is 1. The molecule has 0 amide bonds. The monoisotopic (exact) mass is 220 g/mol. The van der Waals surface area contributed by atoms with Crippen molar-refractivity contribution in [3.63, 3.8) is 0 Å². The molecular formula is C8H12O7. The summed E-state index contributed by atoms with van der Waals surface area (Å²) in [6, 6.07) is 0. The molecule has 0 radical (unpaired) electrons. The molecule has 0 rings (SSSR count). The molecule has 0 spiro atoms. The summed E-state index contributed by atoms with van der Waals surface area (Å²) in [7, 11) is 0. The summed E-state index contributed by atoms with van der Waals surface area (Å²) in [5, 5.41) is 31.9. The second-order valence-corrected chi connectivity index (χ2v) is 2.46. The molecule has 0 aromatic heterocycles. The van der Waals surface area contributed by atoms with Gasteiger partial charge in [0, 0.05) is 12.2 Å². The highest BCUT2D eigenvalue weighted by Crippen LogP contribution is 1.85. The van der Waals surface area contributed by atoms with E-state index in [1.165, 1.54) is 6.92 Å². The number of hydrogen-bond donors (Lipinski definition) is 4. The number of hydrogen-bond acceptors (Lipinski definition) is 4. The predicted octanol–water partition coefficient (Wildman–Crippen LogP) is -0.446. The fourth-order valence-electron chi connectivity index (χ4n) is 0.395. The molecule has 15 heavy (non-hydrogen) atoms. The molecule has 0 fully saturated rings. The van der Waals surface area contributed by atoms with E-state index in [1.807, 2.05) is 0 Å². The Balaban J connectivity index is 0. The zero-order chi connectivity index (χ0) is 12.4. The van der Waals surface area contributed by atoms with Crippen LogP contribution >= 0.6 is 0 Å². The van der Waals surface area contributed by atoms with Crippen molar-refractivity contribution in [2.75, 3.05) is 0 Å². The topological polar surface area (TPSA) is 132 Å². The van der Waals surface area contributed by atoms with Crippen LogP contribution in [0.25, 0.3) is 0 Å². The summed E-state index contributed by atoms with van der Waals surface area (Å²) in [4.78, 5) is 28.8. The van der Waals surface area contributed by atoms with Crippen molar-refractivity contribution in [2.45, 2.75) is 19.4 Å². The molecule has 0 bridgehead atoms. The van der Waals surface area contributed by atoms with E-state index in [0.717, 1.165) is 0 Å². The first-order valence-corrected chi connectivity index (χ1v) is 3.79. The van der Waals surface area contributed by atoms with Gasteiger partial charge in [-0.1, -0.05) is 0 Å². The van der Waals surface area contributed by atoms with Crippen LogP contribution in [0, 0.1) is 0 Å². The van der Waals surface area contributed by atoms with Gasteiger partial charge in [0.05, 0.1) is 12.5 Å². The summed E-state index contributed by atoms with van der Waals surface area (Å²) in [5.74, 6) is -3.48. The van der Waals surface area contributed by atoms with Crippen LogP contribution in [0.1, 0.15) is 13.3 Å². The number of carboxylic acid groups (broad SMARTS) is 3. The largest absolute Gasteiger partial charge is 0.481 e. The average Bonchev–Trinajstić information content (AvgIpc) is 1.99. The summed E-state index contributed by atoms with van der Waals surface area (Å²) >= 11 is 0. The Labute approximate surface area is 85.3 Å². The van der Waals surface area contributed by atoms with Crippen LogP contribution in [-0.4, -0.2) is 44.4 Å². The van der Waals surface area contributed by atoms with E-state index in [2.05, 4.69) is 0 Å². The first kappa shape index (κ1) is 15.6. The molecule has 0 aliphatic heterocycles. The molecule has 7 nitrogen and oxygen atoms in total. The molecule has 0 aliphatic rings. The lowest BCUT2D eigenvalue weighted by atomic mass is 10.3. The summed E-state index contributed by atoms with van der Waals surface area (Å²) < 4.78 is 0. The highest BCUT2D eigenvalue weighted by molar-refractivity contribution is 5.89. The Morgan fingerprint density at radius 2 is 1.40 bits per heavy atom. The van der Waals surface area contributed by atoms with Gasteiger partial charge in [-0.05, 0) is 6.92 Å². The van der Waals surface area contributed by atoms with Gasteiger partial charge < -0.3 is 20.4 Å². The molecule has 4 N–H and O–H groups in total. The minimum Gasteiger partial charge on any atom is -0.481 e. The number of carbonyl (C=O) groups is 3. The number of carboxylic acids is 3.